The van der Waals surface area contributed by atoms with E-state index >= 15 is 0 Å². The Kier molecular flexibility index (Phi) is 5.01. The van der Waals surface area contributed by atoms with Crippen LogP contribution in [0.4, 0.5) is 10.6 Å². The van der Waals surface area contributed by atoms with Crippen LogP contribution < -0.4 is 10.8 Å². The number of nitrogens with one attached hydrogen (secondary N) is 1. The van der Waals surface area contributed by atoms with E-state index in [1.165, 1.54) is 4.68 Å². The van der Waals surface area contributed by atoms with Crippen LogP contribution in [-0.4, -0.2) is 44.8 Å². The van der Waals surface area contributed by atoms with Gasteiger partial charge >= 0.3 is 13.2 Å². The monoisotopic (exact) mass is 386 g/mol. The van der Waals surface area contributed by atoms with Crippen LogP contribution in [0.25, 0.3) is 5.82 Å². The Hall–Kier alpha value is -2.39. The van der Waals surface area contributed by atoms with Crippen LogP contribution in [-0.2, 0) is 14.0 Å². The van der Waals surface area contributed by atoms with Crippen molar-refractivity contribution < 1.29 is 18.8 Å². The molecule has 0 aliphatic carbocycles. The minimum absolute atomic E-state index is 0.414. The molecule has 150 valence electrons. The van der Waals surface area contributed by atoms with E-state index in [0.717, 1.165) is 5.46 Å². The number of hydrogen-bond donors (Lipinski definition) is 1. The van der Waals surface area contributed by atoms with E-state index in [1.54, 1.807) is 45.3 Å². The van der Waals surface area contributed by atoms with Gasteiger partial charge in [-0.3, -0.25) is 5.32 Å². The third-order valence-electron chi connectivity index (χ3n) is 4.78. The summed E-state index contributed by atoms with van der Waals surface area (Å²) in [7, 11) is -0.483. The molecule has 0 saturated carbocycles. The van der Waals surface area contributed by atoms with Crippen molar-refractivity contribution in [1.29, 1.82) is 0 Å². The number of anilines is 1. The molecule has 0 atom stereocenters. The molecule has 1 aliphatic heterocycles. The number of carbonyl (C=O) groups excluding carboxylic acids is 1. The van der Waals surface area contributed by atoms with Crippen LogP contribution >= 0.6 is 0 Å². The van der Waals surface area contributed by atoms with E-state index in [1.807, 2.05) is 33.8 Å². The van der Waals surface area contributed by atoms with E-state index in [4.69, 9.17) is 14.0 Å². The number of aromatic nitrogens is 3. The number of nitrogens with zero attached hydrogens (tertiary/aromatic N) is 3. The lowest BCUT2D eigenvalue weighted by molar-refractivity contribution is 0.00578. The lowest BCUT2D eigenvalue weighted by Crippen LogP contribution is -2.41. The molecule has 1 aliphatic rings. The zero-order valence-electron chi connectivity index (χ0n) is 17.4. The van der Waals surface area contributed by atoms with Crippen molar-refractivity contribution in [3.63, 3.8) is 0 Å². The average molecular weight is 386 g/mol. The number of carbonyl (C=O) groups is 1. The standard InChI is InChI=1S/C19H27BN4O4/c1-17(2,3)26-16(25)23-15-10-11-22-24(15)14-9-8-13(12-21-14)20-27-18(4,5)19(6,7)28-20/h8-12H,1-7H3,(H,23,25). The Labute approximate surface area is 165 Å². The Morgan fingerprint density at radius 1 is 1.14 bits per heavy atom. The SMILES string of the molecule is CC(C)(C)OC(=O)Nc1ccnn1-c1ccc(B2OC(C)(C)C(C)(C)O2)cn1. The van der Waals surface area contributed by atoms with Crippen LogP contribution in [0.1, 0.15) is 48.5 Å². The highest BCUT2D eigenvalue weighted by molar-refractivity contribution is 6.62. The summed E-state index contributed by atoms with van der Waals surface area (Å²) in [6.07, 6.45) is 2.72. The first-order chi connectivity index (χ1) is 12.9. The van der Waals surface area contributed by atoms with Gasteiger partial charge < -0.3 is 14.0 Å². The van der Waals surface area contributed by atoms with Gasteiger partial charge in [-0.15, -0.1) is 0 Å². The lowest BCUT2D eigenvalue weighted by atomic mass is 9.80. The average Bonchev–Trinajstić information content (AvgIpc) is 3.07. The number of amides is 1. The highest BCUT2D eigenvalue weighted by Gasteiger charge is 2.51. The predicted molar refractivity (Wildman–Crippen MR) is 107 cm³/mol. The number of pyridine rings is 1. The molecule has 2 aromatic rings. The van der Waals surface area contributed by atoms with E-state index in [2.05, 4.69) is 15.4 Å². The summed E-state index contributed by atoms with van der Waals surface area (Å²) < 4.78 is 18.9. The summed E-state index contributed by atoms with van der Waals surface area (Å²) in [5.74, 6) is 1.02. The molecule has 0 unspecified atom stereocenters. The maximum Gasteiger partial charge on any atom is 0.496 e. The van der Waals surface area contributed by atoms with Crippen molar-refractivity contribution in [3.8, 4) is 5.82 Å². The molecular formula is C19H27BN4O4. The molecule has 1 fully saturated rings. The molecule has 28 heavy (non-hydrogen) atoms. The summed E-state index contributed by atoms with van der Waals surface area (Å²) in [5.41, 5.74) is -0.597. The molecule has 0 aromatic carbocycles. The highest BCUT2D eigenvalue weighted by atomic mass is 16.7. The van der Waals surface area contributed by atoms with E-state index < -0.39 is 30.0 Å². The predicted octanol–water partition coefficient (Wildman–Crippen LogP) is 2.91. The van der Waals surface area contributed by atoms with E-state index in [-0.39, 0.29) is 0 Å². The number of hydrogen-bond acceptors (Lipinski definition) is 6. The minimum Gasteiger partial charge on any atom is -0.444 e. The van der Waals surface area contributed by atoms with Gasteiger partial charge in [-0.05, 0) is 54.5 Å². The zero-order valence-corrected chi connectivity index (χ0v) is 17.4. The van der Waals surface area contributed by atoms with Crippen molar-refractivity contribution >= 4 is 24.5 Å². The van der Waals surface area contributed by atoms with Crippen molar-refractivity contribution in [1.82, 2.24) is 14.8 Å². The van der Waals surface area contributed by atoms with Gasteiger partial charge in [0.15, 0.2) is 5.82 Å². The van der Waals surface area contributed by atoms with Gasteiger partial charge in [-0.1, -0.05) is 6.07 Å². The maximum atomic E-state index is 12.0. The molecule has 3 heterocycles. The second kappa shape index (κ2) is 6.90. The highest BCUT2D eigenvalue weighted by Crippen LogP contribution is 2.36. The lowest BCUT2D eigenvalue weighted by Gasteiger charge is -2.32. The van der Waals surface area contributed by atoms with Crippen LogP contribution in [0, 0.1) is 0 Å². The second-order valence-electron chi connectivity index (χ2n) is 8.79. The zero-order chi connectivity index (χ0) is 20.7. The van der Waals surface area contributed by atoms with Gasteiger partial charge in [-0.2, -0.15) is 9.78 Å². The summed E-state index contributed by atoms with van der Waals surface area (Å²) in [6, 6.07) is 5.35. The first kappa shape index (κ1) is 20.4. The molecule has 2 aromatic heterocycles. The van der Waals surface area contributed by atoms with E-state index in [0.29, 0.717) is 11.6 Å². The summed E-state index contributed by atoms with van der Waals surface area (Å²) in [6.45, 7) is 13.4. The fourth-order valence-electron chi connectivity index (χ4n) is 2.63. The molecule has 1 amide bonds. The Balaban J connectivity index is 1.75. The van der Waals surface area contributed by atoms with Crippen molar-refractivity contribution in [2.24, 2.45) is 0 Å². The van der Waals surface area contributed by atoms with Crippen molar-refractivity contribution in [3.05, 3.63) is 30.6 Å². The van der Waals surface area contributed by atoms with Gasteiger partial charge in [0.05, 0.1) is 17.4 Å². The number of rotatable bonds is 3. The molecule has 8 nitrogen and oxygen atoms in total. The molecule has 0 radical (unpaired) electrons. The molecule has 0 spiro atoms. The Morgan fingerprint density at radius 2 is 1.79 bits per heavy atom. The molecule has 1 N–H and O–H groups in total. The summed E-state index contributed by atoms with van der Waals surface area (Å²) in [4.78, 5) is 16.5. The van der Waals surface area contributed by atoms with Gasteiger partial charge in [0, 0.05) is 17.7 Å². The Morgan fingerprint density at radius 3 is 2.32 bits per heavy atom. The van der Waals surface area contributed by atoms with Gasteiger partial charge in [0.1, 0.15) is 11.4 Å². The number of ether oxygens (including phenoxy) is 1. The molecule has 1 saturated heterocycles. The van der Waals surface area contributed by atoms with Crippen LogP contribution in [0.3, 0.4) is 0 Å². The summed E-state index contributed by atoms with van der Waals surface area (Å²) >= 11 is 0. The topological polar surface area (TPSA) is 87.5 Å². The largest absolute Gasteiger partial charge is 0.496 e. The molecule has 9 heteroatoms. The van der Waals surface area contributed by atoms with Gasteiger partial charge in [-0.25, -0.2) is 9.78 Å². The normalized spacial score (nSPS) is 18.2. The van der Waals surface area contributed by atoms with Gasteiger partial charge in [0.25, 0.3) is 0 Å². The molecule has 3 rings (SSSR count). The molecule has 0 bridgehead atoms. The second-order valence-corrected chi connectivity index (χ2v) is 8.79. The minimum atomic E-state index is -0.586. The third kappa shape index (κ3) is 4.20. The first-order valence-electron chi connectivity index (χ1n) is 9.24. The fourth-order valence-corrected chi connectivity index (χ4v) is 2.63. The van der Waals surface area contributed by atoms with Crippen molar-refractivity contribution in [2.45, 2.75) is 65.3 Å². The van der Waals surface area contributed by atoms with Crippen LogP contribution in [0.5, 0.6) is 0 Å². The third-order valence-corrected chi connectivity index (χ3v) is 4.78. The summed E-state index contributed by atoms with van der Waals surface area (Å²) in [5, 5.41) is 6.92. The smallest absolute Gasteiger partial charge is 0.444 e. The van der Waals surface area contributed by atoms with Gasteiger partial charge in [0.2, 0.25) is 0 Å². The van der Waals surface area contributed by atoms with Crippen molar-refractivity contribution in [2.75, 3.05) is 5.32 Å². The Bertz CT molecular complexity index is 840. The first-order valence-corrected chi connectivity index (χ1v) is 9.24. The maximum absolute atomic E-state index is 12.0. The quantitative estimate of drug-likeness (QED) is 0.817. The van der Waals surface area contributed by atoms with Crippen LogP contribution in [0.2, 0.25) is 0 Å². The van der Waals surface area contributed by atoms with E-state index in [9.17, 15) is 4.79 Å². The van der Waals surface area contributed by atoms with Crippen LogP contribution in [0.15, 0.2) is 30.6 Å². The fraction of sp³-hybridized carbons (Fsp3) is 0.526. The molecular weight excluding hydrogens is 359 g/mol.